The average Bonchev–Trinajstić information content (AvgIpc) is 3.08. The monoisotopic (exact) mass is 368 g/mol. The van der Waals surface area contributed by atoms with Gasteiger partial charge in [-0.15, -0.1) is 0 Å². The van der Waals surface area contributed by atoms with Crippen LogP contribution in [0.3, 0.4) is 0 Å². The molecule has 3 nitrogen and oxygen atoms in total. The Morgan fingerprint density at radius 2 is 1.56 bits per heavy atom. The van der Waals surface area contributed by atoms with Crippen molar-refractivity contribution in [2.45, 2.75) is 77.5 Å². The Hall–Kier alpha value is -1.32. The molecular formula is C24H36N2O. The van der Waals surface area contributed by atoms with Crippen LogP contribution in [0.5, 0.6) is 0 Å². The van der Waals surface area contributed by atoms with Crippen LogP contribution in [-0.2, 0) is 0 Å². The van der Waals surface area contributed by atoms with E-state index in [9.17, 15) is 5.11 Å². The fourth-order valence-electron chi connectivity index (χ4n) is 5.57. The van der Waals surface area contributed by atoms with Crippen LogP contribution in [0, 0.1) is 11.8 Å². The first kappa shape index (κ1) is 19.0. The van der Waals surface area contributed by atoms with E-state index in [1.54, 1.807) is 0 Å². The molecule has 1 unspecified atom stereocenters. The van der Waals surface area contributed by atoms with Gasteiger partial charge < -0.3 is 14.6 Å². The van der Waals surface area contributed by atoms with E-state index < -0.39 is 6.10 Å². The standard InChI is InChI=1S/C24H36N2O/c1-17(2)19-8-10-21(11-9-19)25-14-12-22(13-15-25)26-23-7-5-4-6-20(23)16-24(26)18(3)27/h4-7,16-19,21-22,27H,8-15H2,1-3H3/t18?,19-,21+. The zero-order valence-corrected chi connectivity index (χ0v) is 17.3. The van der Waals surface area contributed by atoms with Gasteiger partial charge in [0.15, 0.2) is 0 Å². The van der Waals surface area contributed by atoms with E-state index in [1.807, 2.05) is 6.92 Å². The van der Waals surface area contributed by atoms with Gasteiger partial charge >= 0.3 is 0 Å². The van der Waals surface area contributed by atoms with Gasteiger partial charge in [0, 0.05) is 36.4 Å². The van der Waals surface area contributed by atoms with Crippen molar-refractivity contribution in [2.24, 2.45) is 11.8 Å². The molecular weight excluding hydrogens is 332 g/mol. The normalized spacial score (nSPS) is 26.7. The van der Waals surface area contributed by atoms with Gasteiger partial charge in [-0.1, -0.05) is 32.0 Å². The highest BCUT2D eigenvalue weighted by Crippen LogP contribution is 2.36. The maximum Gasteiger partial charge on any atom is 0.0912 e. The number of piperidine rings is 1. The Kier molecular flexibility index (Phi) is 5.61. The lowest BCUT2D eigenvalue weighted by molar-refractivity contribution is 0.0870. The Labute approximate surface area is 164 Å². The summed E-state index contributed by atoms with van der Waals surface area (Å²) >= 11 is 0. The molecule has 2 aliphatic rings. The van der Waals surface area contributed by atoms with Gasteiger partial charge in [0.1, 0.15) is 0 Å². The van der Waals surface area contributed by atoms with Crippen molar-refractivity contribution >= 4 is 10.9 Å². The summed E-state index contributed by atoms with van der Waals surface area (Å²) in [7, 11) is 0. The fraction of sp³-hybridized carbons (Fsp3) is 0.667. The molecule has 1 N–H and O–H groups in total. The number of hydrogen-bond acceptors (Lipinski definition) is 2. The van der Waals surface area contributed by atoms with Gasteiger partial charge in [0.25, 0.3) is 0 Å². The maximum absolute atomic E-state index is 10.3. The first-order valence-corrected chi connectivity index (χ1v) is 11.1. The predicted octanol–water partition coefficient (Wildman–Crippen LogP) is 5.55. The summed E-state index contributed by atoms with van der Waals surface area (Å²) in [6.07, 6.45) is 7.58. The topological polar surface area (TPSA) is 28.4 Å². The molecule has 2 aromatic rings. The molecule has 1 atom stereocenters. The van der Waals surface area contributed by atoms with E-state index >= 15 is 0 Å². The second kappa shape index (κ2) is 7.97. The Bertz CT molecular complexity index is 747. The Balaban J connectivity index is 1.44. The SMILES string of the molecule is CC(O)c1cc2ccccc2n1C1CCN([C@H]2CC[C@@H](C(C)C)CC2)CC1. The molecule has 0 radical (unpaired) electrons. The highest BCUT2D eigenvalue weighted by molar-refractivity contribution is 5.81. The van der Waals surface area contributed by atoms with Gasteiger partial charge in [-0.2, -0.15) is 0 Å². The van der Waals surface area contributed by atoms with Crippen LogP contribution in [0.25, 0.3) is 10.9 Å². The smallest absolute Gasteiger partial charge is 0.0912 e. The number of rotatable bonds is 4. The van der Waals surface area contributed by atoms with Crippen molar-refractivity contribution in [2.75, 3.05) is 13.1 Å². The van der Waals surface area contributed by atoms with E-state index in [0.29, 0.717) is 6.04 Å². The van der Waals surface area contributed by atoms with Crippen molar-refractivity contribution in [3.8, 4) is 0 Å². The van der Waals surface area contributed by atoms with Gasteiger partial charge in [-0.25, -0.2) is 0 Å². The van der Waals surface area contributed by atoms with Gasteiger partial charge in [0.2, 0.25) is 0 Å². The third kappa shape index (κ3) is 3.82. The maximum atomic E-state index is 10.3. The summed E-state index contributed by atoms with van der Waals surface area (Å²) in [5.74, 6) is 1.79. The molecule has 0 spiro atoms. The van der Waals surface area contributed by atoms with Crippen molar-refractivity contribution in [3.05, 3.63) is 36.0 Å². The number of aliphatic hydroxyl groups excluding tert-OH is 1. The van der Waals surface area contributed by atoms with Crippen molar-refractivity contribution in [1.29, 1.82) is 0 Å². The van der Waals surface area contributed by atoms with Crippen LogP contribution >= 0.6 is 0 Å². The van der Waals surface area contributed by atoms with Gasteiger partial charge in [0.05, 0.1) is 6.10 Å². The number of benzene rings is 1. The van der Waals surface area contributed by atoms with E-state index in [1.165, 1.54) is 62.5 Å². The highest BCUT2D eigenvalue weighted by Gasteiger charge is 2.31. The molecule has 27 heavy (non-hydrogen) atoms. The lowest BCUT2D eigenvalue weighted by Gasteiger charge is -2.42. The molecule has 0 bridgehead atoms. The third-order valence-corrected chi connectivity index (χ3v) is 7.27. The number of para-hydroxylation sites is 1. The molecule has 4 rings (SSSR count). The van der Waals surface area contributed by atoms with Crippen LogP contribution in [0.1, 0.15) is 77.1 Å². The number of likely N-dealkylation sites (tertiary alicyclic amines) is 1. The van der Waals surface area contributed by atoms with Crippen molar-refractivity contribution in [1.82, 2.24) is 9.47 Å². The second-order valence-corrected chi connectivity index (χ2v) is 9.25. The number of fused-ring (bicyclic) bond motifs is 1. The molecule has 1 saturated carbocycles. The van der Waals surface area contributed by atoms with Crippen molar-refractivity contribution < 1.29 is 5.11 Å². The molecule has 1 aliphatic heterocycles. The van der Waals surface area contributed by atoms with Crippen LogP contribution in [0.4, 0.5) is 0 Å². The van der Waals surface area contributed by atoms with Gasteiger partial charge in [-0.05, 0) is 74.8 Å². The second-order valence-electron chi connectivity index (χ2n) is 9.25. The minimum Gasteiger partial charge on any atom is -0.387 e. The Morgan fingerprint density at radius 3 is 2.19 bits per heavy atom. The zero-order valence-electron chi connectivity index (χ0n) is 17.3. The van der Waals surface area contributed by atoms with E-state index in [2.05, 4.69) is 53.6 Å². The molecule has 1 aliphatic carbocycles. The summed E-state index contributed by atoms with van der Waals surface area (Å²) in [4.78, 5) is 2.76. The minimum absolute atomic E-state index is 0.415. The summed E-state index contributed by atoms with van der Waals surface area (Å²) < 4.78 is 2.44. The lowest BCUT2D eigenvalue weighted by Crippen LogP contribution is -2.44. The molecule has 1 saturated heterocycles. The first-order valence-electron chi connectivity index (χ1n) is 11.1. The summed E-state index contributed by atoms with van der Waals surface area (Å²) in [6.45, 7) is 9.07. The van der Waals surface area contributed by atoms with E-state index in [4.69, 9.17) is 0 Å². The molecule has 0 amide bonds. The van der Waals surface area contributed by atoms with Crippen LogP contribution in [0.2, 0.25) is 0 Å². The number of aliphatic hydroxyl groups is 1. The molecule has 1 aromatic carbocycles. The number of nitrogens with zero attached hydrogens (tertiary/aromatic N) is 2. The highest BCUT2D eigenvalue weighted by atomic mass is 16.3. The van der Waals surface area contributed by atoms with E-state index in [0.717, 1.165) is 23.6 Å². The summed E-state index contributed by atoms with van der Waals surface area (Å²) in [6, 6.07) is 12.1. The molecule has 1 aromatic heterocycles. The molecule has 2 fully saturated rings. The third-order valence-electron chi connectivity index (χ3n) is 7.27. The van der Waals surface area contributed by atoms with Gasteiger partial charge in [-0.3, -0.25) is 0 Å². The molecule has 2 heterocycles. The van der Waals surface area contributed by atoms with Crippen molar-refractivity contribution in [3.63, 3.8) is 0 Å². The fourth-order valence-corrected chi connectivity index (χ4v) is 5.57. The van der Waals surface area contributed by atoms with Crippen LogP contribution in [-0.4, -0.2) is 33.7 Å². The Morgan fingerprint density at radius 1 is 0.889 bits per heavy atom. The first-order chi connectivity index (χ1) is 13.0. The van der Waals surface area contributed by atoms with Crippen LogP contribution < -0.4 is 0 Å². The minimum atomic E-state index is -0.415. The zero-order chi connectivity index (χ0) is 19.0. The largest absolute Gasteiger partial charge is 0.387 e. The number of aromatic nitrogens is 1. The summed E-state index contributed by atoms with van der Waals surface area (Å²) in [5, 5.41) is 11.6. The quantitative estimate of drug-likeness (QED) is 0.767. The van der Waals surface area contributed by atoms with E-state index in [-0.39, 0.29) is 0 Å². The predicted molar refractivity (Wildman–Crippen MR) is 113 cm³/mol. The average molecular weight is 369 g/mol. The summed E-state index contributed by atoms with van der Waals surface area (Å²) in [5.41, 5.74) is 2.36. The molecule has 3 heteroatoms. The van der Waals surface area contributed by atoms with Crippen LogP contribution in [0.15, 0.2) is 30.3 Å². The lowest BCUT2D eigenvalue weighted by atomic mass is 9.79. The number of hydrogen-bond donors (Lipinski definition) is 1. The molecule has 148 valence electrons.